The van der Waals surface area contributed by atoms with Gasteiger partial charge in [-0.15, -0.1) is 0 Å². The summed E-state index contributed by atoms with van der Waals surface area (Å²) in [6, 6.07) is 7.48. The van der Waals surface area contributed by atoms with E-state index in [1.165, 1.54) is 38.5 Å². The summed E-state index contributed by atoms with van der Waals surface area (Å²) in [6.07, 6.45) is 0. The molecular formula is C17H15Cl3N2O4. The number of halogens is 3. The van der Waals surface area contributed by atoms with Crippen LogP contribution in [0.25, 0.3) is 0 Å². The normalized spacial score (nSPS) is 10.2. The minimum absolute atomic E-state index is 0.251. The van der Waals surface area contributed by atoms with Crippen LogP contribution in [-0.2, 0) is 4.79 Å². The number of nitrogens with one attached hydrogen (secondary N) is 2. The molecule has 0 atom stereocenters. The van der Waals surface area contributed by atoms with Gasteiger partial charge < -0.3 is 20.1 Å². The standard InChI is InChI=1S/C17H15Cl3N2O4/c1-25-14-7-15(26-2)13(6-12(14)20)22-16(23)8-21-17(24)9-3-4-10(18)11(19)5-9/h3-7H,8H2,1-2H3,(H,21,24)(H,22,23). The molecule has 0 radical (unpaired) electrons. The summed E-state index contributed by atoms with van der Waals surface area (Å²) < 4.78 is 10.3. The Labute approximate surface area is 165 Å². The molecule has 2 N–H and O–H groups in total. The number of hydrogen-bond donors (Lipinski definition) is 2. The van der Waals surface area contributed by atoms with Crippen LogP contribution in [0.2, 0.25) is 15.1 Å². The summed E-state index contributed by atoms with van der Waals surface area (Å²) >= 11 is 17.7. The third-order valence-corrected chi connectivity index (χ3v) is 4.37. The van der Waals surface area contributed by atoms with Gasteiger partial charge in [0.15, 0.2) is 0 Å². The maximum atomic E-state index is 12.1. The highest BCUT2D eigenvalue weighted by molar-refractivity contribution is 6.42. The number of carbonyl (C=O) groups is 2. The minimum atomic E-state index is -0.460. The number of amides is 2. The summed E-state index contributed by atoms with van der Waals surface area (Å²) in [4.78, 5) is 24.2. The van der Waals surface area contributed by atoms with Crippen LogP contribution in [0, 0.1) is 0 Å². The number of carbonyl (C=O) groups excluding carboxylic acids is 2. The van der Waals surface area contributed by atoms with Crippen LogP contribution in [0.15, 0.2) is 30.3 Å². The lowest BCUT2D eigenvalue weighted by Gasteiger charge is -2.13. The fourth-order valence-electron chi connectivity index (χ4n) is 2.05. The molecule has 0 fully saturated rings. The molecule has 2 aromatic carbocycles. The molecule has 2 rings (SSSR count). The van der Waals surface area contributed by atoms with E-state index in [1.54, 1.807) is 6.07 Å². The van der Waals surface area contributed by atoms with Gasteiger partial charge in [0.1, 0.15) is 11.5 Å². The first-order chi connectivity index (χ1) is 12.3. The Morgan fingerprint density at radius 3 is 2.23 bits per heavy atom. The molecule has 0 aromatic heterocycles. The Morgan fingerprint density at radius 2 is 1.62 bits per heavy atom. The van der Waals surface area contributed by atoms with E-state index in [0.29, 0.717) is 27.2 Å². The Balaban J connectivity index is 2.01. The van der Waals surface area contributed by atoms with Gasteiger partial charge >= 0.3 is 0 Å². The first kappa shape index (κ1) is 20.2. The zero-order valence-corrected chi connectivity index (χ0v) is 16.1. The predicted molar refractivity (Wildman–Crippen MR) is 102 cm³/mol. The fourth-order valence-corrected chi connectivity index (χ4v) is 2.59. The summed E-state index contributed by atoms with van der Waals surface area (Å²) in [5, 5.41) is 6.00. The first-order valence-corrected chi connectivity index (χ1v) is 8.43. The maximum Gasteiger partial charge on any atom is 0.251 e. The molecule has 0 saturated carbocycles. The van der Waals surface area contributed by atoms with Gasteiger partial charge in [-0.3, -0.25) is 9.59 Å². The topological polar surface area (TPSA) is 76.7 Å². The highest BCUT2D eigenvalue weighted by Gasteiger charge is 2.14. The van der Waals surface area contributed by atoms with Gasteiger partial charge in [0.05, 0.1) is 41.5 Å². The highest BCUT2D eigenvalue weighted by Crippen LogP contribution is 2.35. The van der Waals surface area contributed by atoms with Crippen molar-refractivity contribution in [1.29, 1.82) is 0 Å². The molecule has 0 bridgehead atoms. The summed E-state index contributed by atoms with van der Waals surface area (Å²) in [7, 11) is 2.92. The quantitative estimate of drug-likeness (QED) is 0.744. The zero-order chi connectivity index (χ0) is 19.3. The molecule has 138 valence electrons. The Kier molecular flexibility index (Phi) is 6.97. The van der Waals surface area contributed by atoms with E-state index in [1.807, 2.05) is 0 Å². The molecule has 0 aliphatic heterocycles. The van der Waals surface area contributed by atoms with E-state index in [9.17, 15) is 9.59 Å². The Hall–Kier alpha value is -2.15. The molecule has 6 nitrogen and oxygen atoms in total. The molecule has 2 amide bonds. The molecule has 0 aliphatic carbocycles. The second kappa shape index (κ2) is 8.98. The van der Waals surface area contributed by atoms with Crippen molar-refractivity contribution in [3.63, 3.8) is 0 Å². The van der Waals surface area contributed by atoms with E-state index in [2.05, 4.69) is 10.6 Å². The van der Waals surface area contributed by atoms with Crippen molar-refractivity contribution in [2.75, 3.05) is 26.1 Å². The zero-order valence-electron chi connectivity index (χ0n) is 13.9. The molecule has 0 heterocycles. The van der Waals surface area contributed by atoms with Crippen molar-refractivity contribution in [3.8, 4) is 11.5 Å². The van der Waals surface area contributed by atoms with Crippen molar-refractivity contribution < 1.29 is 19.1 Å². The van der Waals surface area contributed by atoms with Crippen LogP contribution in [0.4, 0.5) is 5.69 Å². The molecule has 26 heavy (non-hydrogen) atoms. The van der Waals surface area contributed by atoms with Crippen LogP contribution in [0.1, 0.15) is 10.4 Å². The van der Waals surface area contributed by atoms with Crippen LogP contribution in [0.5, 0.6) is 11.5 Å². The largest absolute Gasteiger partial charge is 0.495 e. The lowest BCUT2D eigenvalue weighted by atomic mass is 10.2. The Bertz CT molecular complexity index is 843. The predicted octanol–water partition coefficient (Wildman–Crippen LogP) is 4.03. The second-order valence-corrected chi connectivity index (χ2v) is 6.27. The summed E-state index contributed by atoms with van der Waals surface area (Å²) in [5.74, 6) is -0.138. The van der Waals surface area contributed by atoms with Crippen molar-refractivity contribution >= 4 is 52.3 Å². The van der Waals surface area contributed by atoms with Crippen LogP contribution >= 0.6 is 34.8 Å². The maximum absolute atomic E-state index is 12.1. The molecule has 2 aromatic rings. The highest BCUT2D eigenvalue weighted by atomic mass is 35.5. The molecule has 0 spiro atoms. The van der Waals surface area contributed by atoms with E-state index >= 15 is 0 Å². The third-order valence-electron chi connectivity index (χ3n) is 3.34. The lowest BCUT2D eigenvalue weighted by molar-refractivity contribution is -0.115. The molecule has 0 unspecified atom stereocenters. The van der Waals surface area contributed by atoms with Crippen LogP contribution in [-0.4, -0.2) is 32.6 Å². The van der Waals surface area contributed by atoms with Crippen LogP contribution in [0.3, 0.4) is 0 Å². The number of benzene rings is 2. The number of methoxy groups -OCH3 is 2. The van der Waals surface area contributed by atoms with Gasteiger partial charge in [-0.1, -0.05) is 34.8 Å². The van der Waals surface area contributed by atoms with E-state index < -0.39 is 11.8 Å². The molecule has 0 aliphatic rings. The third kappa shape index (κ3) is 4.94. The summed E-state index contributed by atoms with van der Waals surface area (Å²) in [5.41, 5.74) is 0.643. The first-order valence-electron chi connectivity index (χ1n) is 7.30. The number of ether oxygens (including phenoxy) is 2. The number of rotatable bonds is 6. The fraction of sp³-hybridized carbons (Fsp3) is 0.176. The SMILES string of the molecule is COc1cc(OC)c(NC(=O)CNC(=O)c2ccc(Cl)c(Cl)c2)cc1Cl. The number of hydrogen-bond acceptors (Lipinski definition) is 4. The van der Waals surface area contributed by atoms with Crippen LogP contribution < -0.4 is 20.1 Å². The molecule has 9 heteroatoms. The number of anilines is 1. The smallest absolute Gasteiger partial charge is 0.251 e. The minimum Gasteiger partial charge on any atom is -0.495 e. The van der Waals surface area contributed by atoms with Gasteiger partial charge in [0.25, 0.3) is 5.91 Å². The van der Waals surface area contributed by atoms with E-state index in [0.717, 1.165) is 0 Å². The van der Waals surface area contributed by atoms with Gasteiger partial charge in [0, 0.05) is 11.6 Å². The van der Waals surface area contributed by atoms with E-state index in [4.69, 9.17) is 44.3 Å². The average molecular weight is 418 g/mol. The lowest BCUT2D eigenvalue weighted by Crippen LogP contribution is -2.32. The molecular weight excluding hydrogens is 403 g/mol. The monoisotopic (exact) mass is 416 g/mol. The van der Waals surface area contributed by atoms with Gasteiger partial charge in [-0.2, -0.15) is 0 Å². The van der Waals surface area contributed by atoms with E-state index in [-0.39, 0.29) is 17.1 Å². The van der Waals surface area contributed by atoms with Crippen molar-refractivity contribution in [2.24, 2.45) is 0 Å². The van der Waals surface area contributed by atoms with Gasteiger partial charge in [0.2, 0.25) is 5.91 Å². The van der Waals surface area contributed by atoms with Gasteiger partial charge in [-0.05, 0) is 24.3 Å². The Morgan fingerprint density at radius 1 is 0.923 bits per heavy atom. The van der Waals surface area contributed by atoms with Gasteiger partial charge in [-0.25, -0.2) is 0 Å². The summed E-state index contributed by atoms with van der Waals surface area (Å²) in [6.45, 7) is -0.258. The second-order valence-electron chi connectivity index (χ2n) is 5.05. The van der Waals surface area contributed by atoms with Crippen molar-refractivity contribution in [3.05, 3.63) is 51.0 Å². The van der Waals surface area contributed by atoms with Crippen molar-refractivity contribution in [1.82, 2.24) is 5.32 Å². The average Bonchev–Trinajstić information content (AvgIpc) is 2.62. The molecule has 0 saturated heterocycles. The van der Waals surface area contributed by atoms with Crippen molar-refractivity contribution in [2.45, 2.75) is 0 Å².